The summed E-state index contributed by atoms with van der Waals surface area (Å²) in [5.74, 6) is -0.436. The maximum atomic E-state index is 12.1. The topological polar surface area (TPSA) is 82.1 Å². The zero-order valence-electron chi connectivity index (χ0n) is 13.9. The number of aliphatic imine (C=N–C) groups is 1. The normalized spacial score (nSPS) is 13.7. The van der Waals surface area contributed by atoms with Gasteiger partial charge in [0.1, 0.15) is 6.54 Å². The van der Waals surface area contributed by atoms with Crippen molar-refractivity contribution >= 4 is 40.3 Å². The quantitative estimate of drug-likeness (QED) is 0.846. The van der Waals surface area contributed by atoms with Gasteiger partial charge in [-0.1, -0.05) is 29.5 Å². The summed E-state index contributed by atoms with van der Waals surface area (Å²) in [5, 5.41) is 2.98. The van der Waals surface area contributed by atoms with E-state index in [1.54, 1.807) is 7.05 Å². The van der Waals surface area contributed by atoms with E-state index in [9.17, 15) is 14.4 Å². The lowest BCUT2D eigenvalue weighted by Crippen LogP contribution is -2.38. The predicted octanol–water partition coefficient (Wildman–Crippen LogP) is 0.635. The van der Waals surface area contributed by atoms with Crippen LogP contribution >= 0.6 is 11.8 Å². The van der Waals surface area contributed by atoms with Gasteiger partial charge < -0.3 is 10.2 Å². The van der Waals surface area contributed by atoms with Crippen LogP contribution in [-0.4, -0.2) is 60.7 Å². The Morgan fingerprint density at radius 1 is 1.33 bits per heavy atom. The fourth-order valence-corrected chi connectivity index (χ4v) is 3.03. The number of hydrogen-bond donors (Lipinski definition) is 1. The fraction of sp³-hybridized carbons (Fsp3) is 0.375. The summed E-state index contributed by atoms with van der Waals surface area (Å²) < 4.78 is 0. The number of amidine groups is 1. The lowest BCUT2D eigenvalue weighted by atomic mass is 10.2. The Labute approximate surface area is 145 Å². The molecular formula is C16H20N4O3S. The van der Waals surface area contributed by atoms with Crippen molar-refractivity contribution in [1.82, 2.24) is 10.2 Å². The van der Waals surface area contributed by atoms with Gasteiger partial charge in [0.2, 0.25) is 11.8 Å². The first-order chi connectivity index (χ1) is 11.4. The molecule has 0 saturated carbocycles. The highest BCUT2D eigenvalue weighted by Gasteiger charge is 2.28. The van der Waals surface area contributed by atoms with E-state index < -0.39 is 0 Å². The minimum Gasteiger partial charge on any atom is -0.358 e. The molecule has 1 aromatic carbocycles. The summed E-state index contributed by atoms with van der Waals surface area (Å²) in [6.07, 6.45) is 0. The van der Waals surface area contributed by atoms with Crippen molar-refractivity contribution in [3.05, 3.63) is 29.8 Å². The SMILES string of the molecule is CNC(=O)CN(C)C(=O)CSC1=NCC(=O)N1c1ccc(C)cc1. The fourth-order valence-electron chi connectivity index (χ4n) is 2.06. The van der Waals surface area contributed by atoms with E-state index in [2.05, 4.69) is 10.3 Å². The van der Waals surface area contributed by atoms with Crippen LogP contribution in [0.15, 0.2) is 29.3 Å². The van der Waals surface area contributed by atoms with E-state index in [1.165, 1.54) is 28.6 Å². The molecule has 8 heteroatoms. The van der Waals surface area contributed by atoms with Gasteiger partial charge in [0.15, 0.2) is 5.17 Å². The van der Waals surface area contributed by atoms with Gasteiger partial charge >= 0.3 is 0 Å². The van der Waals surface area contributed by atoms with Crippen LogP contribution in [0.5, 0.6) is 0 Å². The Bertz CT molecular complexity index is 672. The zero-order chi connectivity index (χ0) is 17.7. The molecule has 0 bridgehead atoms. The highest BCUT2D eigenvalue weighted by molar-refractivity contribution is 8.14. The van der Waals surface area contributed by atoms with E-state index in [-0.39, 0.29) is 36.6 Å². The van der Waals surface area contributed by atoms with Crippen LogP contribution in [0.3, 0.4) is 0 Å². The Hall–Kier alpha value is -2.35. The second-order valence-electron chi connectivity index (χ2n) is 5.38. The number of benzene rings is 1. The number of likely N-dealkylation sites (N-methyl/N-ethyl adjacent to an activating group) is 2. The van der Waals surface area contributed by atoms with Crippen LogP contribution in [0.4, 0.5) is 5.69 Å². The zero-order valence-corrected chi connectivity index (χ0v) is 14.7. The van der Waals surface area contributed by atoms with Crippen LogP contribution in [0.2, 0.25) is 0 Å². The van der Waals surface area contributed by atoms with Crippen LogP contribution < -0.4 is 10.2 Å². The molecule has 0 saturated heterocycles. The lowest BCUT2D eigenvalue weighted by molar-refractivity contribution is -0.132. The Morgan fingerprint density at radius 2 is 2.00 bits per heavy atom. The average Bonchev–Trinajstić information content (AvgIpc) is 2.94. The molecule has 1 heterocycles. The molecule has 1 aliphatic heterocycles. The number of thioether (sulfide) groups is 1. The number of nitrogens with one attached hydrogen (secondary N) is 1. The molecule has 1 aliphatic rings. The summed E-state index contributed by atoms with van der Waals surface area (Å²) in [6, 6.07) is 7.55. The van der Waals surface area contributed by atoms with Gasteiger partial charge in [-0.2, -0.15) is 0 Å². The molecule has 0 aromatic heterocycles. The van der Waals surface area contributed by atoms with Crippen molar-refractivity contribution in [2.45, 2.75) is 6.92 Å². The number of rotatable bonds is 5. The van der Waals surface area contributed by atoms with E-state index in [0.717, 1.165) is 11.3 Å². The minimum atomic E-state index is -0.231. The second-order valence-corrected chi connectivity index (χ2v) is 6.32. The van der Waals surface area contributed by atoms with Gasteiger partial charge in [0, 0.05) is 14.1 Å². The molecule has 1 N–H and O–H groups in total. The number of aryl methyl sites for hydroxylation is 1. The molecule has 0 fully saturated rings. The largest absolute Gasteiger partial charge is 0.358 e. The first kappa shape index (κ1) is 18.0. The molecule has 24 heavy (non-hydrogen) atoms. The Kier molecular flexibility index (Phi) is 5.97. The summed E-state index contributed by atoms with van der Waals surface area (Å²) in [7, 11) is 3.09. The van der Waals surface area contributed by atoms with Crippen molar-refractivity contribution in [2.24, 2.45) is 4.99 Å². The van der Waals surface area contributed by atoms with Crippen molar-refractivity contribution in [2.75, 3.05) is 37.8 Å². The van der Waals surface area contributed by atoms with Crippen LogP contribution in [0.1, 0.15) is 5.56 Å². The van der Waals surface area contributed by atoms with Crippen molar-refractivity contribution in [3.8, 4) is 0 Å². The third kappa shape index (κ3) is 4.35. The molecule has 0 spiro atoms. The molecule has 0 atom stereocenters. The smallest absolute Gasteiger partial charge is 0.254 e. The molecule has 128 valence electrons. The summed E-state index contributed by atoms with van der Waals surface area (Å²) in [6.45, 7) is 2.06. The number of carbonyl (C=O) groups is 3. The molecular weight excluding hydrogens is 328 g/mol. The highest BCUT2D eigenvalue weighted by Crippen LogP contribution is 2.24. The first-order valence-electron chi connectivity index (χ1n) is 7.43. The van der Waals surface area contributed by atoms with E-state index >= 15 is 0 Å². The minimum absolute atomic E-state index is 0.00295. The third-order valence-electron chi connectivity index (χ3n) is 3.49. The van der Waals surface area contributed by atoms with Gasteiger partial charge in [-0.3, -0.25) is 24.3 Å². The summed E-state index contributed by atoms with van der Waals surface area (Å²) in [4.78, 5) is 42.6. The third-order valence-corrected chi connectivity index (χ3v) is 4.45. The van der Waals surface area contributed by atoms with E-state index in [0.29, 0.717) is 5.17 Å². The van der Waals surface area contributed by atoms with Crippen LogP contribution in [0.25, 0.3) is 0 Å². The molecule has 0 radical (unpaired) electrons. The van der Waals surface area contributed by atoms with Crippen molar-refractivity contribution < 1.29 is 14.4 Å². The number of nitrogens with zero attached hydrogens (tertiary/aromatic N) is 3. The van der Waals surface area contributed by atoms with Crippen molar-refractivity contribution in [1.29, 1.82) is 0 Å². The van der Waals surface area contributed by atoms with Gasteiger partial charge in [-0.15, -0.1) is 0 Å². The monoisotopic (exact) mass is 348 g/mol. The number of carbonyl (C=O) groups excluding carboxylic acids is 3. The molecule has 7 nitrogen and oxygen atoms in total. The molecule has 2 rings (SSSR count). The second kappa shape index (κ2) is 7.96. The standard InChI is InChI=1S/C16H20N4O3S/c1-11-4-6-12(7-5-11)20-14(22)8-18-16(20)24-10-15(23)19(3)9-13(21)17-2/h4-7H,8-10H2,1-3H3,(H,17,21). The average molecular weight is 348 g/mol. The lowest BCUT2D eigenvalue weighted by Gasteiger charge is -2.19. The predicted molar refractivity (Wildman–Crippen MR) is 95.1 cm³/mol. The molecule has 0 unspecified atom stereocenters. The number of amides is 3. The van der Waals surface area contributed by atoms with Gasteiger partial charge in [-0.25, -0.2) is 0 Å². The van der Waals surface area contributed by atoms with Gasteiger partial charge in [0.25, 0.3) is 5.91 Å². The van der Waals surface area contributed by atoms with Crippen LogP contribution in [-0.2, 0) is 14.4 Å². The number of anilines is 1. The van der Waals surface area contributed by atoms with Crippen LogP contribution in [0, 0.1) is 6.92 Å². The summed E-state index contributed by atoms with van der Waals surface area (Å²) in [5.41, 5.74) is 1.84. The van der Waals surface area contributed by atoms with E-state index in [4.69, 9.17) is 0 Å². The molecule has 1 aromatic rings. The van der Waals surface area contributed by atoms with Crippen molar-refractivity contribution in [3.63, 3.8) is 0 Å². The Morgan fingerprint density at radius 3 is 2.62 bits per heavy atom. The summed E-state index contributed by atoms with van der Waals surface area (Å²) >= 11 is 1.20. The highest BCUT2D eigenvalue weighted by atomic mass is 32.2. The van der Waals surface area contributed by atoms with Gasteiger partial charge in [0.05, 0.1) is 18.0 Å². The van der Waals surface area contributed by atoms with Gasteiger partial charge in [-0.05, 0) is 19.1 Å². The Balaban J connectivity index is 1.98. The van der Waals surface area contributed by atoms with E-state index in [1.807, 2.05) is 31.2 Å². The first-order valence-corrected chi connectivity index (χ1v) is 8.42. The molecule has 0 aliphatic carbocycles. The maximum absolute atomic E-state index is 12.1. The number of hydrogen-bond acceptors (Lipinski definition) is 5. The molecule has 3 amide bonds. The maximum Gasteiger partial charge on any atom is 0.254 e.